The first kappa shape index (κ1) is 19.5. The Morgan fingerprint density at radius 1 is 1.30 bits per heavy atom. The number of aromatic nitrogens is 3. The number of pyridine rings is 1. The number of nitrogens with zero attached hydrogens (tertiary/aromatic N) is 4. The number of ether oxygens (including phenoxy) is 1. The van der Waals surface area contributed by atoms with E-state index in [4.69, 9.17) is 4.74 Å². The van der Waals surface area contributed by atoms with Gasteiger partial charge in [0.1, 0.15) is 11.8 Å². The van der Waals surface area contributed by atoms with Crippen LogP contribution in [0.3, 0.4) is 0 Å². The molecule has 1 fully saturated rings. The van der Waals surface area contributed by atoms with Crippen LogP contribution in [0.5, 0.6) is 0 Å². The molecule has 2 amide bonds. The highest BCUT2D eigenvalue weighted by Gasteiger charge is 2.33. The molecular formula is C20H17F2N5O3. The molecule has 0 radical (unpaired) electrons. The Labute approximate surface area is 170 Å². The zero-order valence-electron chi connectivity index (χ0n) is 15.7. The highest BCUT2D eigenvalue weighted by atomic mass is 19.1. The first-order chi connectivity index (χ1) is 14.5. The minimum atomic E-state index is -1.15. The summed E-state index contributed by atoms with van der Waals surface area (Å²) in [6, 6.07) is 9.76. The van der Waals surface area contributed by atoms with E-state index in [0.29, 0.717) is 11.4 Å². The van der Waals surface area contributed by atoms with E-state index in [9.17, 15) is 18.4 Å². The summed E-state index contributed by atoms with van der Waals surface area (Å²) in [4.78, 5) is 28.6. The largest absolute Gasteiger partial charge is 0.442 e. The van der Waals surface area contributed by atoms with E-state index in [-0.39, 0.29) is 18.8 Å². The van der Waals surface area contributed by atoms with Crippen molar-refractivity contribution >= 4 is 17.7 Å². The molecule has 3 heterocycles. The van der Waals surface area contributed by atoms with Crippen molar-refractivity contribution in [2.45, 2.75) is 6.10 Å². The Morgan fingerprint density at radius 2 is 2.17 bits per heavy atom. The summed E-state index contributed by atoms with van der Waals surface area (Å²) >= 11 is 0. The summed E-state index contributed by atoms with van der Waals surface area (Å²) in [5.74, 6) is -1.37. The zero-order valence-corrected chi connectivity index (χ0v) is 15.7. The molecule has 0 saturated carbocycles. The van der Waals surface area contributed by atoms with Crippen molar-refractivity contribution < 1.29 is 23.1 Å². The highest BCUT2D eigenvalue weighted by Crippen LogP contribution is 2.26. The standard InChI is InChI=1S/C20H17F2N5O3/c21-8-19(28)24-10-15-12-26(20(29)30-15)14-4-5-18(16(22)7-14)27-11-13(9-25-27)17-3-1-2-6-23-17/h1-7,9,11,15H,8,10,12H2,(H,24,28)/t15-/m0/s1. The van der Waals surface area contributed by atoms with Crippen LogP contribution in [0.2, 0.25) is 0 Å². The van der Waals surface area contributed by atoms with Crippen molar-refractivity contribution in [3.63, 3.8) is 0 Å². The Morgan fingerprint density at radius 3 is 2.90 bits per heavy atom. The second kappa shape index (κ2) is 8.27. The van der Waals surface area contributed by atoms with Crippen LogP contribution in [0.25, 0.3) is 16.9 Å². The topological polar surface area (TPSA) is 89.4 Å². The van der Waals surface area contributed by atoms with Crippen LogP contribution < -0.4 is 10.2 Å². The van der Waals surface area contributed by atoms with Gasteiger partial charge in [-0.1, -0.05) is 6.07 Å². The van der Waals surface area contributed by atoms with Gasteiger partial charge >= 0.3 is 6.09 Å². The number of rotatable bonds is 6. The predicted molar refractivity (Wildman–Crippen MR) is 103 cm³/mol. The number of halogens is 2. The summed E-state index contributed by atoms with van der Waals surface area (Å²) in [6.45, 7) is -1.06. The lowest BCUT2D eigenvalue weighted by molar-refractivity contribution is -0.122. The molecule has 30 heavy (non-hydrogen) atoms. The quantitative estimate of drug-likeness (QED) is 0.671. The normalized spacial score (nSPS) is 15.9. The van der Waals surface area contributed by atoms with Crippen LogP contribution in [-0.2, 0) is 9.53 Å². The van der Waals surface area contributed by atoms with Gasteiger partial charge in [-0.25, -0.2) is 18.3 Å². The number of carbonyl (C=O) groups excluding carboxylic acids is 2. The maximum atomic E-state index is 14.8. The predicted octanol–water partition coefficient (Wildman–Crippen LogP) is 2.48. The van der Waals surface area contributed by atoms with Crippen LogP contribution >= 0.6 is 0 Å². The number of alkyl halides is 1. The van der Waals surface area contributed by atoms with Gasteiger partial charge in [0, 0.05) is 18.0 Å². The van der Waals surface area contributed by atoms with Gasteiger partial charge in [-0.05, 0) is 30.3 Å². The van der Waals surface area contributed by atoms with Gasteiger partial charge in [0.15, 0.2) is 12.5 Å². The Hall–Kier alpha value is -3.82. The van der Waals surface area contributed by atoms with E-state index in [1.165, 1.54) is 21.7 Å². The van der Waals surface area contributed by atoms with Gasteiger partial charge in [-0.3, -0.25) is 14.7 Å². The molecular weight excluding hydrogens is 396 g/mol. The summed E-state index contributed by atoms with van der Waals surface area (Å²) in [6.07, 6.45) is 3.59. The molecule has 0 spiro atoms. The van der Waals surface area contributed by atoms with Crippen molar-refractivity contribution in [2.75, 3.05) is 24.7 Å². The molecule has 8 nitrogen and oxygen atoms in total. The van der Waals surface area contributed by atoms with Crippen LogP contribution in [-0.4, -0.2) is 52.6 Å². The van der Waals surface area contributed by atoms with Gasteiger partial charge < -0.3 is 10.1 Å². The maximum absolute atomic E-state index is 14.8. The molecule has 1 aromatic carbocycles. The van der Waals surface area contributed by atoms with Crippen LogP contribution in [0, 0.1) is 5.82 Å². The molecule has 1 N–H and O–H groups in total. The molecule has 2 aromatic heterocycles. The molecule has 3 aromatic rings. The van der Waals surface area contributed by atoms with Crippen molar-refractivity contribution in [2.24, 2.45) is 0 Å². The zero-order chi connectivity index (χ0) is 21.1. The van der Waals surface area contributed by atoms with Crippen LogP contribution in [0.1, 0.15) is 0 Å². The van der Waals surface area contributed by atoms with Gasteiger partial charge in [-0.2, -0.15) is 5.10 Å². The molecule has 154 valence electrons. The molecule has 0 unspecified atom stereocenters. The molecule has 10 heteroatoms. The van der Waals surface area contributed by atoms with E-state index < -0.39 is 30.6 Å². The highest BCUT2D eigenvalue weighted by molar-refractivity contribution is 5.90. The minimum absolute atomic E-state index is 0.0187. The molecule has 1 atom stereocenters. The van der Waals surface area contributed by atoms with Gasteiger partial charge in [0.25, 0.3) is 5.91 Å². The molecule has 0 aliphatic carbocycles. The monoisotopic (exact) mass is 413 g/mol. The second-order valence-electron chi connectivity index (χ2n) is 6.58. The van der Waals surface area contributed by atoms with Gasteiger partial charge in [0.2, 0.25) is 0 Å². The summed E-state index contributed by atoms with van der Waals surface area (Å²) < 4.78 is 33.5. The lowest BCUT2D eigenvalue weighted by Gasteiger charge is -2.14. The average Bonchev–Trinajstić information content (AvgIpc) is 3.39. The van der Waals surface area contributed by atoms with E-state index >= 15 is 0 Å². The third-order valence-electron chi connectivity index (χ3n) is 4.56. The Bertz CT molecular complexity index is 1070. The lowest BCUT2D eigenvalue weighted by Crippen LogP contribution is -2.35. The van der Waals surface area contributed by atoms with Crippen LogP contribution in [0.4, 0.5) is 19.3 Å². The fraction of sp³-hybridized carbons (Fsp3) is 0.200. The second-order valence-corrected chi connectivity index (χ2v) is 6.58. The fourth-order valence-electron chi connectivity index (χ4n) is 3.08. The number of cyclic esters (lactones) is 1. The third-order valence-corrected chi connectivity index (χ3v) is 4.56. The van der Waals surface area contributed by atoms with Crippen molar-refractivity contribution in [1.82, 2.24) is 20.1 Å². The van der Waals surface area contributed by atoms with E-state index in [0.717, 1.165) is 5.56 Å². The minimum Gasteiger partial charge on any atom is -0.442 e. The smallest absolute Gasteiger partial charge is 0.414 e. The summed E-state index contributed by atoms with van der Waals surface area (Å²) in [5, 5.41) is 6.50. The third kappa shape index (κ3) is 3.97. The number of anilines is 1. The van der Waals surface area contributed by atoms with Crippen molar-refractivity contribution in [1.29, 1.82) is 0 Å². The first-order valence-electron chi connectivity index (χ1n) is 9.12. The lowest BCUT2D eigenvalue weighted by atomic mass is 10.2. The number of amides is 2. The number of hydrogen-bond donors (Lipinski definition) is 1. The number of nitrogens with one attached hydrogen (secondary N) is 1. The Kier molecular flexibility index (Phi) is 5.38. The molecule has 1 aliphatic heterocycles. The van der Waals surface area contributed by atoms with E-state index in [2.05, 4.69) is 15.4 Å². The Balaban J connectivity index is 1.49. The SMILES string of the molecule is O=C(CF)NC[C@H]1CN(c2ccc(-n3cc(-c4ccccn4)cn3)c(F)c2)C(=O)O1. The fourth-order valence-corrected chi connectivity index (χ4v) is 3.08. The maximum Gasteiger partial charge on any atom is 0.414 e. The van der Waals surface area contributed by atoms with Gasteiger partial charge in [0.05, 0.1) is 30.7 Å². The first-order valence-corrected chi connectivity index (χ1v) is 9.12. The number of hydrogen-bond acceptors (Lipinski definition) is 5. The summed E-state index contributed by atoms with van der Waals surface area (Å²) in [5.41, 5.74) is 1.96. The van der Waals surface area contributed by atoms with E-state index in [1.807, 2.05) is 12.1 Å². The number of carbonyl (C=O) groups is 2. The molecule has 0 bridgehead atoms. The van der Waals surface area contributed by atoms with E-state index in [1.54, 1.807) is 30.7 Å². The molecule has 1 aliphatic rings. The van der Waals surface area contributed by atoms with Crippen molar-refractivity contribution in [3.8, 4) is 16.9 Å². The average molecular weight is 413 g/mol. The van der Waals surface area contributed by atoms with Crippen LogP contribution in [0.15, 0.2) is 55.0 Å². The van der Waals surface area contributed by atoms with Crippen molar-refractivity contribution in [3.05, 3.63) is 60.8 Å². The summed E-state index contributed by atoms with van der Waals surface area (Å²) in [7, 11) is 0. The van der Waals surface area contributed by atoms with Gasteiger partial charge in [-0.15, -0.1) is 0 Å². The molecule has 1 saturated heterocycles. The number of benzene rings is 1. The molecule has 4 rings (SSSR count).